The van der Waals surface area contributed by atoms with Gasteiger partial charge in [0.05, 0.1) is 0 Å². The molecule has 0 aliphatic carbocycles. The van der Waals surface area contributed by atoms with Gasteiger partial charge in [-0.3, -0.25) is 0 Å². The van der Waals surface area contributed by atoms with Gasteiger partial charge in [-0.2, -0.15) is 0 Å². The lowest BCUT2D eigenvalue weighted by atomic mass is 9.90. The quantitative estimate of drug-likeness (QED) is 0.783. The molecular weight excluding hydrogens is 266 g/mol. The Kier molecular flexibility index (Phi) is 5.33. The summed E-state index contributed by atoms with van der Waals surface area (Å²) in [5.41, 5.74) is 5.48. The third-order valence-electron chi connectivity index (χ3n) is 4.19. The van der Waals surface area contributed by atoms with Crippen LogP contribution in [0, 0.1) is 0 Å². The molecule has 1 aromatic carbocycles. The Morgan fingerprint density at radius 2 is 1.95 bits per heavy atom. The summed E-state index contributed by atoms with van der Waals surface area (Å²) in [7, 11) is 1.93. The highest BCUT2D eigenvalue weighted by atomic mass is 16.4. The lowest BCUT2D eigenvalue weighted by Crippen LogP contribution is -2.53. The van der Waals surface area contributed by atoms with Crippen LogP contribution in [0.25, 0.3) is 0 Å². The number of hydrogen-bond acceptors (Lipinski definition) is 4. The zero-order valence-electron chi connectivity index (χ0n) is 12.7. The second-order valence-corrected chi connectivity index (χ2v) is 5.93. The minimum atomic E-state index is -1.36. The molecule has 1 aromatic rings. The van der Waals surface area contributed by atoms with Crippen molar-refractivity contribution < 1.29 is 9.90 Å². The van der Waals surface area contributed by atoms with Crippen LogP contribution in [-0.4, -0.2) is 60.6 Å². The number of nitrogens with two attached hydrogens (primary N) is 1. The molecule has 0 spiro atoms. The van der Waals surface area contributed by atoms with Crippen molar-refractivity contribution in [1.29, 1.82) is 0 Å². The van der Waals surface area contributed by atoms with Gasteiger partial charge in [0.2, 0.25) is 0 Å². The lowest BCUT2D eigenvalue weighted by molar-refractivity contribution is -0.144. The minimum Gasteiger partial charge on any atom is -0.480 e. The van der Waals surface area contributed by atoms with E-state index < -0.39 is 11.5 Å². The van der Waals surface area contributed by atoms with Gasteiger partial charge in [0.25, 0.3) is 0 Å². The molecule has 1 aliphatic heterocycles. The second-order valence-electron chi connectivity index (χ2n) is 5.93. The first kappa shape index (κ1) is 15.9. The van der Waals surface area contributed by atoms with Crippen LogP contribution in [0.15, 0.2) is 30.3 Å². The molecule has 1 aliphatic rings. The molecule has 21 heavy (non-hydrogen) atoms. The van der Waals surface area contributed by atoms with Gasteiger partial charge in [-0.1, -0.05) is 30.3 Å². The first-order valence-corrected chi connectivity index (χ1v) is 7.51. The van der Waals surface area contributed by atoms with E-state index in [1.54, 1.807) is 12.1 Å². The summed E-state index contributed by atoms with van der Waals surface area (Å²) < 4.78 is 0. The Balaban J connectivity index is 1.97. The zero-order valence-corrected chi connectivity index (χ0v) is 12.7. The molecule has 2 rings (SSSR count). The molecule has 116 valence electrons. The maximum Gasteiger partial charge on any atom is 0.329 e. The standard InChI is InChI=1S/C16H25N3O2/c1-18(11-12-19-9-5-6-10-19)13-16(17,15(20)21)14-7-3-2-4-8-14/h2-4,7-8H,5-6,9-13,17H2,1H3,(H,20,21). The van der Waals surface area contributed by atoms with Crippen molar-refractivity contribution in [2.75, 3.05) is 39.8 Å². The molecule has 1 atom stereocenters. The largest absolute Gasteiger partial charge is 0.480 e. The number of nitrogens with zero attached hydrogens (tertiary/aromatic N) is 2. The Labute approximate surface area is 126 Å². The highest BCUT2D eigenvalue weighted by Gasteiger charge is 2.37. The van der Waals surface area contributed by atoms with Gasteiger partial charge < -0.3 is 20.6 Å². The molecule has 1 saturated heterocycles. The Hall–Kier alpha value is -1.43. The van der Waals surface area contributed by atoms with Crippen LogP contribution in [0.3, 0.4) is 0 Å². The van der Waals surface area contributed by atoms with Gasteiger partial charge >= 0.3 is 5.97 Å². The number of aliphatic carboxylic acids is 1. The number of hydrogen-bond donors (Lipinski definition) is 2. The summed E-state index contributed by atoms with van der Waals surface area (Å²) in [5.74, 6) is -0.985. The Morgan fingerprint density at radius 3 is 2.52 bits per heavy atom. The van der Waals surface area contributed by atoms with Crippen LogP contribution in [0.4, 0.5) is 0 Å². The van der Waals surface area contributed by atoms with Crippen molar-refractivity contribution >= 4 is 5.97 Å². The van der Waals surface area contributed by atoms with E-state index in [2.05, 4.69) is 4.90 Å². The third kappa shape index (κ3) is 4.03. The van der Waals surface area contributed by atoms with Crippen molar-refractivity contribution in [3.63, 3.8) is 0 Å². The second kappa shape index (κ2) is 7.02. The molecule has 1 heterocycles. The summed E-state index contributed by atoms with van der Waals surface area (Å²) in [6.07, 6.45) is 2.54. The lowest BCUT2D eigenvalue weighted by Gasteiger charge is -2.31. The van der Waals surface area contributed by atoms with Gasteiger partial charge in [-0.25, -0.2) is 4.79 Å². The van der Waals surface area contributed by atoms with Crippen LogP contribution in [0.2, 0.25) is 0 Å². The summed E-state index contributed by atoms with van der Waals surface area (Å²) in [6, 6.07) is 9.07. The van der Waals surface area contributed by atoms with E-state index in [0.29, 0.717) is 12.1 Å². The molecule has 3 N–H and O–H groups in total. The van der Waals surface area contributed by atoms with Gasteiger partial charge in [-0.05, 0) is 38.5 Å². The average molecular weight is 291 g/mol. The molecule has 0 aromatic heterocycles. The predicted octanol–water partition coefficient (Wildman–Crippen LogP) is 0.953. The monoisotopic (exact) mass is 291 g/mol. The number of likely N-dealkylation sites (tertiary alicyclic amines) is 1. The van der Waals surface area contributed by atoms with Crippen LogP contribution in [0.5, 0.6) is 0 Å². The van der Waals surface area contributed by atoms with Crippen LogP contribution in [0.1, 0.15) is 18.4 Å². The number of likely N-dealkylation sites (N-methyl/N-ethyl adjacent to an activating group) is 1. The van der Waals surface area contributed by atoms with Crippen molar-refractivity contribution in [3.05, 3.63) is 35.9 Å². The van der Waals surface area contributed by atoms with Crippen molar-refractivity contribution in [1.82, 2.24) is 9.80 Å². The predicted molar refractivity (Wildman–Crippen MR) is 83.1 cm³/mol. The molecule has 0 radical (unpaired) electrons. The highest BCUT2D eigenvalue weighted by Crippen LogP contribution is 2.19. The minimum absolute atomic E-state index is 0.306. The van der Waals surface area contributed by atoms with Crippen LogP contribution < -0.4 is 5.73 Å². The highest BCUT2D eigenvalue weighted by molar-refractivity contribution is 5.80. The average Bonchev–Trinajstić information content (AvgIpc) is 2.99. The molecular formula is C16H25N3O2. The summed E-state index contributed by atoms with van der Waals surface area (Å²) in [4.78, 5) is 16.1. The molecule has 1 unspecified atom stereocenters. The molecule has 5 heteroatoms. The number of carboxylic acids is 1. The summed E-state index contributed by atoms with van der Waals surface area (Å²) >= 11 is 0. The van der Waals surface area contributed by atoms with Crippen LogP contribution in [-0.2, 0) is 10.3 Å². The maximum absolute atomic E-state index is 11.7. The van der Waals surface area contributed by atoms with Crippen molar-refractivity contribution in [2.45, 2.75) is 18.4 Å². The number of carboxylic acid groups (broad SMARTS) is 1. The van der Waals surface area contributed by atoms with E-state index in [0.717, 1.165) is 26.2 Å². The molecule has 0 amide bonds. The topological polar surface area (TPSA) is 69.8 Å². The van der Waals surface area contributed by atoms with E-state index in [-0.39, 0.29) is 0 Å². The molecule has 5 nitrogen and oxygen atoms in total. The van der Waals surface area contributed by atoms with Gasteiger partial charge in [0.15, 0.2) is 5.54 Å². The fourth-order valence-electron chi connectivity index (χ4n) is 2.84. The van der Waals surface area contributed by atoms with E-state index in [1.165, 1.54) is 12.8 Å². The number of rotatable bonds is 7. The summed E-state index contributed by atoms with van der Waals surface area (Å²) in [5, 5.41) is 9.55. The Morgan fingerprint density at radius 1 is 1.33 bits per heavy atom. The third-order valence-corrected chi connectivity index (χ3v) is 4.19. The van der Waals surface area contributed by atoms with E-state index in [4.69, 9.17) is 5.73 Å². The van der Waals surface area contributed by atoms with Gasteiger partial charge in [-0.15, -0.1) is 0 Å². The number of carbonyl (C=O) groups is 1. The fraction of sp³-hybridized carbons (Fsp3) is 0.562. The van der Waals surface area contributed by atoms with Crippen LogP contribution >= 0.6 is 0 Å². The van der Waals surface area contributed by atoms with Crippen molar-refractivity contribution in [2.24, 2.45) is 5.73 Å². The molecule has 0 bridgehead atoms. The van der Waals surface area contributed by atoms with E-state index in [9.17, 15) is 9.90 Å². The maximum atomic E-state index is 11.7. The van der Waals surface area contributed by atoms with E-state index in [1.807, 2.05) is 30.1 Å². The summed E-state index contributed by atoms with van der Waals surface area (Å²) in [6.45, 7) is 4.42. The molecule has 0 saturated carbocycles. The molecule has 1 fully saturated rings. The Bertz CT molecular complexity index is 460. The van der Waals surface area contributed by atoms with E-state index >= 15 is 0 Å². The first-order chi connectivity index (χ1) is 10.0. The smallest absolute Gasteiger partial charge is 0.329 e. The normalized spacial score (nSPS) is 18.8. The first-order valence-electron chi connectivity index (χ1n) is 7.51. The SMILES string of the molecule is CN(CCN1CCCC1)CC(N)(C(=O)O)c1ccccc1. The van der Waals surface area contributed by atoms with Crippen molar-refractivity contribution in [3.8, 4) is 0 Å². The number of benzene rings is 1. The zero-order chi connectivity index (χ0) is 15.3. The van der Waals surface area contributed by atoms with Gasteiger partial charge in [0.1, 0.15) is 0 Å². The van der Waals surface area contributed by atoms with Gasteiger partial charge in [0, 0.05) is 19.6 Å². The fourth-order valence-corrected chi connectivity index (χ4v) is 2.84.